The lowest BCUT2D eigenvalue weighted by molar-refractivity contribution is -0.138. The van der Waals surface area contributed by atoms with Crippen LogP contribution in [0.15, 0.2) is 11.0 Å². The van der Waals surface area contributed by atoms with Gasteiger partial charge in [0.25, 0.3) is 5.56 Å². The van der Waals surface area contributed by atoms with E-state index in [0.717, 1.165) is 0 Å². The van der Waals surface area contributed by atoms with Crippen LogP contribution in [0.2, 0.25) is 0 Å². The van der Waals surface area contributed by atoms with E-state index in [-0.39, 0.29) is 12.0 Å². The van der Waals surface area contributed by atoms with Gasteiger partial charge in [-0.05, 0) is 12.8 Å². The van der Waals surface area contributed by atoms with Crippen LogP contribution in [0.5, 0.6) is 0 Å². The molecule has 0 aliphatic rings. The van der Waals surface area contributed by atoms with Crippen LogP contribution in [-0.4, -0.2) is 27.3 Å². The first-order chi connectivity index (χ1) is 6.11. The number of nitrogens with one attached hydrogen (secondary N) is 2. The molecule has 0 bridgehead atoms. The Labute approximate surface area is 73.7 Å². The summed E-state index contributed by atoms with van der Waals surface area (Å²) in [6, 6.07) is -0.908. The Morgan fingerprint density at radius 1 is 1.69 bits per heavy atom. The molecule has 13 heavy (non-hydrogen) atoms. The van der Waals surface area contributed by atoms with E-state index in [1.807, 2.05) is 0 Å². The van der Waals surface area contributed by atoms with Gasteiger partial charge in [-0.25, -0.2) is 0 Å². The summed E-state index contributed by atoms with van der Waals surface area (Å²) in [6.45, 7) is 0. The first-order valence-corrected chi connectivity index (χ1v) is 3.84. The molecule has 6 heteroatoms. The zero-order valence-corrected chi connectivity index (χ0v) is 6.91. The van der Waals surface area contributed by atoms with E-state index < -0.39 is 12.0 Å². The zero-order valence-electron chi connectivity index (χ0n) is 6.91. The maximum atomic E-state index is 10.9. The first-order valence-electron chi connectivity index (χ1n) is 3.84. The van der Waals surface area contributed by atoms with Crippen LogP contribution in [0.1, 0.15) is 12.0 Å². The van der Waals surface area contributed by atoms with Crippen LogP contribution in [-0.2, 0) is 11.2 Å². The predicted octanol–water partition coefficient (Wildman–Crippen LogP) is -0.953. The van der Waals surface area contributed by atoms with Crippen LogP contribution in [0.4, 0.5) is 0 Å². The van der Waals surface area contributed by atoms with Gasteiger partial charge in [0.1, 0.15) is 6.04 Å². The Morgan fingerprint density at radius 3 is 2.85 bits per heavy atom. The van der Waals surface area contributed by atoms with Gasteiger partial charge in [0.2, 0.25) is 0 Å². The highest BCUT2D eigenvalue weighted by atomic mass is 16.4. The summed E-state index contributed by atoms with van der Waals surface area (Å²) < 4.78 is 0. The zero-order chi connectivity index (χ0) is 9.84. The number of carboxylic acid groups (broad SMARTS) is 1. The number of hydrogen-bond acceptors (Lipinski definition) is 3. The number of carboxylic acids is 1. The molecule has 0 fully saturated rings. The summed E-state index contributed by atoms with van der Waals surface area (Å²) >= 11 is 0. The van der Waals surface area contributed by atoms with Crippen molar-refractivity contribution in [1.29, 1.82) is 0 Å². The van der Waals surface area contributed by atoms with Gasteiger partial charge in [-0.15, -0.1) is 0 Å². The van der Waals surface area contributed by atoms with E-state index in [0.29, 0.717) is 12.0 Å². The van der Waals surface area contributed by atoms with E-state index in [1.165, 1.54) is 6.20 Å². The lowest BCUT2D eigenvalue weighted by Crippen LogP contribution is -2.30. The van der Waals surface area contributed by atoms with Crippen LogP contribution in [0, 0.1) is 0 Å². The summed E-state index contributed by atoms with van der Waals surface area (Å²) in [4.78, 5) is 21.3. The number of H-pyrrole nitrogens is 2. The van der Waals surface area contributed by atoms with Crippen LogP contribution in [0.3, 0.4) is 0 Å². The Kier molecular flexibility index (Phi) is 2.86. The Morgan fingerprint density at radius 2 is 2.38 bits per heavy atom. The topological polar surface area (TPSA) is 112 Å². The lowest BCUT2D eigenvalue weighted by atomic mass is 10.1. The van der Waals surface area contributed by atoms with Gasteiger partial charge in [-0.1, -0.05) is 0 Å². The van der Waals surface area contributed by atoms with E-state index in [9.17, 15) is 9.59 Å². The van der Waals surface area contributed by atoms with Crippen molar-refractivity contribution in [2.45, 2.75) is 18.9 Å². The first kappa shape index (κ1) is 9.53. The molecule has 1 heterocycles. The van der Waals surface area contributed by atoms with Gasteiger partial charge in [-0.3, -0.25) is 14.7 Å². The van der Waals surface area contributed by atoms with Crippen molar-refractivity contribution < 1.29 is 9.90 Å². The second kappa shape index (κ2) is 3.90. The fraction of sp³-hybridized carbons (Fsp3) is 0.429. The molecule has 0 unspecified atom stereocenters. The highest BCUT2D eigenvalue weighted by Gasteiger charge is 2.12. The van der Waals surface area contributed by atoms with Crippen molar-refractivity contribution in [3.8, 4) is 0 Å². The summed E-state index contributed by atoms with van der Waals surface area (Å²) in [5.74, 6) is -1.05. The molecule has 5 N–H and O–H groups in total. The summed E-state index contributed by atoms with van der Waals surface area (Å²) in [7, 11) is 0. The largest absolute Gasteiger partial charge is 0.480 e. The van der Waals surface area contributed by atoms with Crippen LogP contribution >= 0.6 is 0 Å². The van der Waals surface area contributed by atoms with Gasteiger partial charge < -0.3 is 15.9 Å². The molecule has 0 aromatic carbocycles. The van der Waals surface area contributed by atoms with Crippen molar-refractivity contribution in [2.75, 3.05) is 0 Å². The van der Waals surface area contributed by atoms with Gasteiger partial charge >= 0.3 is 5.97 Å². The van der Waals surface area contributed by atoms with Crippen molar-refractivity contribution in [3.63, 3.8) is 0 Å². The van der Waals surface area contributed by atoms with Crippen molar-refractivity contribution in [3.05, 3.63) is 22.1 Å². The molecule has 1 aromatic heterocycles. The van der Waals surface area contributed by atoms with E-state index in [2.05, 4.69) is 10.2 Å². The Balaban J connectivity index is 2.48. The third-order valence-electron chi connectivity index (χ3n) is 1.77. The van der Waals surface area contributed by atoms with Crippen LogP contribution in [0.25, 0.3) is 0 Å². The number of aliphatic carboxylic acids is 1. The van der Waals surface area contributed by atoms with Gasteiger partial charge in [0.05, 0.1) is 0 Å². The maximum Gasteiger partial charge on any atom is 0.320 e. The van der Waals surface area contributed by atoms with E-state index in [1.54, 1.807) is 0 Å². The molecule has 1 atom stereocenters. The minimum Gasteiger partial charge on any atom is -0.480 e. The minimum atomic E-state index is -1.05. The average Bonchev–Trinajstić information content (AvgIpc) is 2.47. The molecule has 0 aliphatic carbocycles. The fourth-order valence-electron chi connectivity index (χ4n) is 0.955. The number of nitrogens with two attached hydrogens (primary N) is 1. The summed E-state index contributed by atoms with van der Waals surface area (Å²) in [5.41, 5.74) is 5.56. The van der Waals surface area contributed by atoms with E-state index >= 15 is 0 Å². The molecular formula is C7H11N3O3. The monoisotopic (exact) mass is 185 g/mol. The predicted molar refractivity (Wildman–Crippen MR) is 45.3 cm³/mol. The molecule has 0 aliphatic heterocycles. The second-order valence-electron chi connectivity index (χ2n) is 2.75. The third-order valence-corrected chi connectivity index (χ3v) is 1.77. The molecule has 0 amide bonds. The molecule has 6 nitrogen and oxygen atoms in total. The molecule has 0 radical (unpaired) electrons. The van der Waals surface area contributed by atoms with E-state index in [4.69, 9.17) is 10.8 Å². The molecule has 1 aromatic rings. The minimum absolute atomic E-state index is 0.224. The van der Waals surface area contributed by atoms with Crippen molar-refractivity contribution >= 4 is 5.97 Å². The maximum absolute atomic E-state index is 10.9. The van der Waals surface area contributed by atoms with Gasteiger partial charge in [0.15, 0.2) is 0 Å². The van der Waals surface area contributed by atoms with Gasteiger partial charge in [0, 0.05) is 11.8 Å². The third kappa shape index (κ3) is 2.45. The molecule has 1 rings (SSSR count). The number of rotatable bonds is 4. The van der Waals surface area contributed by atoms with Crippen molar-refractivity contribution in [2.24, 2.45) is 5.73 Å². The number of aromatic nitrogens is 2. The van der Waals surface area contributed by atoms with Crippen LogP contribution < -0.4 is 11.3 Å². The number of hydrogen-bond donors (Lipinski definition) is 4. The lowest BCUT2D eigenvalue weighted by Gasteiger charge is -2.02. The number of carbonyl (C=O) groups is 1. The van der Waals surface area contributed by atoms with Gasteiger partial charge in [-0.2, -0.15) is 0 Å². The normalized spacial score (nSPS) is 12.7. The molecule has 72 valence electrons. The fourth-order valence-corrected chi connectivity index (χ4v) is 0.955. The molecule has 0 saturated carbocycles. The molecule has 0 spiro atoms. The molecular weight excluding hydrogens is 174 g/mol. The highest BCUT2D eigenvalue weighted by molar-refractivity contribution is 5.73. The Hall–Kier alpha value is -1.56. The Bertz CT molecular complexity index is 341. The summed E-state index contributed by atoms with van der Waals surface area (Å²) in [5, 5.41) is 13.3. The van der Waals surface area contributed by atoms with Crippen molar-refractivity contribution in [1.82, 2.24) is 10.2 Å². The quantitative estimate of drug-likeness (QED) is 0.484. The average molecular weight is 185 g/mol. The summed E-state index contributed by atoms with van der Waals surface area (Å²) in [6.07, 6.45) is 2.14. The molecule has 0 saturated heterocycles. The second-order valence-corrected chi connectivity index (χ2v) is 2.75. The highest BCUT2D eigenvalue weighted by Crippen LogP contribution is 1.97. The standard InChI is InChI=1S/C7H11N3O3/c8-5(7(12)13)2-1-4-3-9-10-6(4)11/h3,5H,1-2,8H2,(H,12,13)(H2,9,10,11)/t5-/m0/s1. The smallest absolute Gasteiger partial charge is 0.320 e. The number of aryl methyl sites for hydroxylation is 1. The number of aromatic amines is 2. The SMILES string of the molecule is N[C@@H](CCc1c[nH][nH]c1=O)C(=O)O.